The minimum atomic E-state index is 0.595. The van der Waals surface area contributed by atoms with Crippen molar-refractivity contribution < 1.29 is 0 Å². The van der Waals surface area contributed by atoms with E-state index in [0.717, 1.165) is 49.8 Å². The van der Waals surface area contributed by atoms with Gasteiger partial charge in [0.1, 0.15) is 17.5 Å². The summed E-state index contributed by atoms with van der Waals surface area (Å²) in [6, 6.07) is 0.595. The summed E-state index contributed by atoms with van der Waals surface area (Å²) in [5.74, 6) is 3.15. The number of aryl methyl sites for hydroxylation is 1. The van der Waals surface area contributed by atoms with Crippen molar-refractivity contribution in [3.05, 3.63) is 11.4 Å². The molecule has 2 rings (SSSR count). The Kier molecular flexibility index (Phi) is 5.21. The Morgan fingerprint density at radius 2 is 2.05 bits per heavy atom. The molecule has 0 spiro atoms. The van der Waals surface area contributed by atoms with E-state index in [-0.39, 0.29) is 0 Å². The summed E-state index contributed by atoms with van der Waals surface area (Å²) < 4.78 is 0. The summed E-state index contributed by atoms with van der Waals surface area (Å²) in [6.45, 7) is 10.9. The second-order valence-corrected chi connectivity index (χ2v) is 5.80. The van der Waals surface area contributed by atoms with Gasteiger partial charge in [-0.05, 0) is 39.5 Å². The first kappa shape index (κ1) is 15.1. The van der Waals surface area contributed by atoms with E-state index in [1.54, 1.807) is 0 Å². The highest BCUT2D eigenvalue weighted by molar-refractivity contribution is 5.59. The molecular formula is C16H28N4. The fourth-order valence-electron chi connectivity index (χ4n) is 2.83. The summed E-state index contributed by atoms with van der Waals surface area (Å²) in [5, 5.41) is 3.46. The van der Waals surface area contributed by atoms with E-state index in [0.29, 0.717) is 6.04 Å². The molecule has 2 heterocycles. The minimum absolute atomic E-state index is 0.595. The van der Waals surface area contributed by atoms with Gasteiger partial charge in [-0.1, -0.05) is 13.8 Å². The van der Waals surface area contributed by atoms with Crippen LogP contribution < -0.4 is 10.2 Å². The lowest BCUT2D eigenvalue weighted by molar-refractivity contribution is 0.716. The van der Waals surface area contributed by atoms with Crippen LogP contribution in [0.4, 0.5) is 11.6 Å². The highest BCUT2D eigenvalue weighted by Gasteiger charge is 2.24. The zero-order valence-electron chi connectivity index (χ0n) is 13.4. The summed E-state index contributed by atoms with van der Waals surface area (Å²) in [4.78, 5) is 12.0. The van der Waals surface area contributed by atoms with Gasteiger partial charge in [-0.3, -0.25) is 0 Å². The van der Waals surface area contributed by atoms with Gasteiger partial charge in [0, 0.05) is 31.1 Å². The maximum atomic E-state index is 4.84. The molecule has 0 saturated carbocycles. The maximum absolute atomic E-state index is 4.84. The van der Waals surface area contributed by atoms with Gasteiger partial charge in [-0.15, -0.1) is 0 Å². The van der Waals surface area contributed by atoms with Crippen LogP contribution >= 0.6 is 0 Å². The molecule has 1 aromatic rings. The van der Waals surface area contributed by atoms with Crippen molar-refractivity contribution in [2.24, 2.45) is 0 Å². The van der Waals surface area contributed by atoms with Crippen LogP contribution in [-0.2, 0) is 6.42 Å². The molecule has 1 atom stereocenters. The van der Waals surface area contributed by atoms with Gasteiger partial charge in [-0.25, -0.2) is 9.97 Å². The average Bonchev–Trinajstić information content (AvgIpc) is 2.85. The lowest BCUT2D eigenvalue weighted by atomic mass is 10.2. The van der Waals surface area contributed by atoms with Crippen LogP contribution in [0, 0.1) is 6.92 Å². The number of anilines is 2. The van der Waals surface area contributed by atoms with E-state index in [4.69, 9.17) is 9.97 Å². The highest BCUT2D eigenvalue weighted by atomic mass is 15.2. The van der Waals surface area contributed by atoms with Crippen LogP contribution in [0.15, 0.2) is 0 Å². The van der Waals surface area contributed by atoms with Crippen LogP contribution in [0.1, 0.15) is 57.8 Å². The minimum Gasteiger partial charge on any atom is -0.370 e. The second kappa shape index (κ2) is 6.91. The van der Waals surface area contributed by atoms with Crippen molar-refractivity contribution in [3.8, 4) is 0 Å². The second-order valence-electron chi connectivity index (χ2n) is 5.80. The zero-order valence-corrected chi connectivity index (χ0v) is 13.4. The first-order chi connectivity index (χ1) is 9.67. The van der Waals surface area contributed by atoms with E-state index in [9.17, 15) is 0 Å². The molecule has 1 aliphatic rings. The number of nitrogens with one attached hydrogen (secondary N) is 1. The SMILES string of the molecule is CCCNc1nc(CCC)nc(N2CCCC2C)c1C. The van der Waals surface area contributed by atoms with E-state index >= 15 is 0 Å². The first-order valence-corrected chi connectivity index (χ1v) is 8.05. The Labute approximate surface area is 123 Å². The molecular weight excluding hydrogens is 248 g/mol. The lowest BCUT2D eigenvalue weighted by Gasteiger charge is -2.26. The number of nitrogens with zero attached hydrogens (tertiary/aromatic N) is 3. The van der Waals surface area contributed by atoms with E-state index in [1.165, 1.54) is 18.4 Å². The number of hydrogen-bond donors (Lipinski definition) is 1. The Balaban J connectivity index is 2.34. The van der Waals surface area contributed by atoms with Crippen molar-refractivity contribution in [1.82, 2.24) is 9.97 Å². The van der Waals surface area contributed by atoms with Crippen LogP contribution in [0.5, 0.6) is 0 Å². The Morgan fingerprint density at radius 3 is 2.65 bits per heavy atom. The van der Waals surface area contributed by atoms with Crippen molar-refractivity contribution in [3.63, 3.8) is 0 Å². The van der Waals surface area contributed by atoms with Crippen molar-refractivity contribution in [2.45, 2.75) is 65.8 Å². The third-order valence-corrected chi connectivity index (χ3v) is 4.01. The van der Waals surface area contributed by atoms with Crippen molar-refractivity contribution >= 4 is 11.6 Å². The number of rotatable bonds is 6. The molecule has 0 amide bonds. The third-order valence-electron chi connectivity index (χ3n) is 4.01. The largest absolute Gasteiger partial charge is 0.370 e. The predicted octanol–water partition coefficient (Wildman–Crippen LogP) is 3.55. The molecule has 0 radical (unpaired) electrons. The summed E-state index contributed by atoms with van der Waals surface area (Å²) in [5.41, 5.74) is 1.20. The summed E-state index contributed by atoms with van der Waals surface area (Å²) >= 11 is 0. The van der Waals surface area contributed by atoms with Crippen LogP contribution in [0.3, 0.4) is 0 Å². The van der Waals surface area contributed by atoms with Gasteiger partial charge in [0.05, 0.1) is 0 Å². The standard InChI is InChI=1S/C16H28N4/c1-5-8-14-18-15(17-10-6-2)13(4)16(19-14)20-11-7-9-12(20)3/h12H,5-11H2,1-4H3,(H,17,18,19). The molecule has 0 bridgehead atoms. The van der Waals surface area contributed by atoms with Crippen molar-refractivity contribution in [1.29, 1.82) is 0 Å². The van der Waals surface area contributed by atoms with Gasteiger partial charge < -0.3 is 10.2 Å². The fourth-order valence-corrected chi connectivity index (χ4v) is 2.83. The molecule has 0 aromatic carbocycles. The normalized spacial score (nSPS) is 18.6. The Hall–Kier alpha value is -1.32. The quantitative estimate of drug-likeness (QED) is 0.862. The topological polar surface area (TPSA) is 41.1 Å². The van der Waals surface area contributed by atoms with Gasteiger partial charge >= 0.3 is 0 Å². The van der Waals surface area contributed by atoms with Crippen molar-refractivity contribution in [2.75, 3.05) is 23.3 Å². The molecule has 1 saturated heterocycles. The molecule has 20 heavy (non-hydrogen) atoms. The van der Waals surface area contributed by atoms with Crippen LogP contribution in [0.25, 0.3) is 0 Å². The molecule has 4 nitrogen and oxygen atoms in total. The molecule has 1 fully saturated rings. The average molecular weight is 276 g/mol. The summed E-state index contributed by atoms with van der Waals surface area (Å²) in [6.07, 6.45) is 5.69. The van der Waals surface area contributed by atoms with Crippen LogP contribution in [-0.4, -0.2) is 29.1 Å². The maximum Gasteiger partial charge on any atom is 0.137 e. The van der Waals surface area contributed by atoms with Gasteiger partial charge in [0.2, 0.25) is 0 Å². The fraction of sp³-hybridized carbons (Fsp3) is 0.750. The molecule has 1 unspecified atom stereocenters. The molecule has 0 aliphatic carbocycles. The Bertz CT molecular complexity index is 444. The predicted molar refractivity (Wildman–Crippen MR) is 85.6 cm³/mol. The lowest BCUT2D eigenvalue weighted by Crippen LogP contribution is -2.29. The highest BCUT2D eigenvalue weighted by Crippen LogP contribution is 2.29. The molecule has 1 N–H and O–H groups in total. The van der Waals surface area contributed by atoms with E-state index < -0.39 is 0 Å². The van der Waals surface area contributed by atoms with E-state index in [2.05, 4.69) is 37.9 Å². The van der Waals surface area contributed by atoms with Gasteiger partial charge in [0.15, 0.2) is 0 Å². The Morgan fingerprint density at radius 1 is 1.25 bits per heavy atom. The molecule has 1 aliphatic heterocycles. The van der Waals surface area contributed by atoms with E-state index in [1.807, 2.05) is 0 Å². The molecule has 4 heteroatoms. The monoisotopic (exact) mass is 276 g/mol. The van der Waals surface area contributed by atoms with Gasteiger partial charge in [0.25, 0.3) is 0 Å². The number of hydrogen-bond acceptors (Lipinski definition) is 4. The third kappa shape index (κ3) is 3.22. The van der Waals surface area contributed by atoms with Gasteiger partial charge in [-0.2, -0.15) is 0 Å². The molecule has 112 valence electrons. The number of aromatic nitrogens is 2. The smallest absolute Gasteiger partial charge is 0.137 e. The zero-order chi connectivity index (χ0) is 14.5. The van der Waals surface area contributed by atoms with Crippen LogP contribution in [0.2, 0.25) is 0 Å². The molecule has 1 aromatic heterocycles. The summed E-state index contributed by atoms with van der Waals surface area (Å²) in [7, 11) is 0. The first-order valence-electron chi connectivity index (χ1n) is 8.05.